The molecule has 1 heterocycles. The first-order valence-electron chi connectivity index (χ1n) is 5.64. The van der Waals surface area contributed by atoms with Gasteiger partial charge in [0.25, 0.3) is 0 Å². The van der Waals surface area contributed by atoms with Gasteiger partial charge in [0, 0.05) is 5.69 Å². The second kappa shape index (κ2) is 4.20. The molecule has 1 aromatic carbocycles. The fourth-order valence-electron chi connectivity index (χ4n) is 2.26. The molecule has 1 aliphatic rings. The Hall–Kier alpha value is -1.84. The van der Waals surface area contributed by atoms with E-state index < -0.39 is 11.9 Å². The summed E-state index contributed by atoms with van der Waals surface area (Å²) in [5.41, 5.74) is 2.45. The first-order chi connectivity index (χ1) is 7.99. The topological polar surface area (TPSA) is 66.4 Å². The van der Waals surface area contributed by atoms with Crippen molar-refractivity contribution in [2.24, 2.45) is 5.92 Å². The first-order valence-corrected chi connectivity index (χ1v) is 5.64. The molecule has 2 N–H and O–H groups in total. The largest absolute Gasteiger partial charge is 0.481 e. The number of amides is 1. The average Bonchev–Trinajstić information content (AvgIpc) is 2.56. The number of carbonyl (C=O) groups is 2. The molecule has 0 bridgehead atoms. The van der Waals surface area contributed by atoms with Crippen LogP contribution in [0.4, 0.5) is 5.69 Å². The zero-order valence-electron chi connectivity index (χ0n) is 9.86. The van der Waals surface area contributed by atoms with Crippen molar-refractivity contribution in [3.63, 3.8) is 0 Å². The first kappa shape index (κ1) is 11.6. The Kier molecular flexibility index (Phi) is 2.88. The molecule has 1 aromatic rings. The maximum atomic E-state index is 11.2. The summed E-state index contributed by atoms with van der Waals surface area (Å²) >= 11 is 0. The molecular weight excluding hydrogens is 218 g/mol. The minimum Gasteiger partial charge on any atom is -0.481 e. The highest BCUT2D eigenvalue weighted by Gasteiger charge is 2.26. The van der Waals surface area contributed by atoms with E-state index in [4.69, 9.17) is 0 Å². The predicted molar refractivity (Wildman–Crippen MR) is 64.0 cm³/mol. The number of nitrogens with one attached hydrogen (secondary N) is 1. The van der Waals surface area contributed by atoms with Gasteiger partial charge in [-0.3, -0.25) is 9.59 Å². The number of benzene rings is 1. The maximum absolute atomic E-state index is 11.2. The number of hydrogen-bond acceptors (Lipinski definition) is 2. The Bertz CT molecular complexity index is 480. The molecule has 0 aromatic heterocycles. The number of fused-ring (bicyclic) bond motifs is 1. The molecule has 90 valence electrons. The van der Waals surface area contributed by atoms with E-state index in [9.17, 15) is 14.7 Å². The lowest BCUT2D eigenvalue weighted by Gasteiger charge is -2.17. The average molecular weight is 233 g/mol. The Balaban J connectivity index is 2.37. The molecule has 1 unspecified atom stereocenters. The summed E-state index contributed by atoms with van der Waals surface area (Å²) in [6.07, 6.45) is 0.341. The van der Waals surface area contributed by atoms with E-state index in [1.54, 1.807) is 12.1 Å². The number of anilines is 1. The van der Waals surface area contributed by atoms with Gasteiger partial charge < -0.3 is 10.4 Å². The number of carbonyl (C=O) groups excluding carboxylic acids is 1. The number of carboxylic acids is 1. The summed E-state index contributed by atoms with van der Waals surface area (Å²) in [4.78, 5) is 22.4. The van der Waals surface area contributed by atoms with Crippen LogP contribution in [0.15, 0.2) is 18.2 Å². The minimum absolute atomic E-state index is 0.0237. The molecular formula is C13H15NO3. The van der Waals surface area contributed by atoms with E-state index >= 15 is 0 Å². The van der Waals surface area contributed by atoms with Crippen molar-refractivity contribution in [2.45, 2.75) is 26.2 Å². The van der Waals surface area contributed by atoms with Crippen LogP contribution in [0.5, 0.6) is 0 Å². The number of carboxylic acid groups (broad SMARTS) is 1. The van der Waals surface area contributed by atoms with Crippen molar-refractivity contribution in [1.82, 2.24) is 0 Å². The van der Waals surface area contributed by atoms with Crippen LogP contribution in [0, 0.1) is 5.92 Å². The predicted octanol–water partition coefficient (Wildman–Crippen LogP) is 2.01. The quantitative estimate of drug-likeness (QED) is 0.839. The van der Waals surface area contributed by atoms with Gasteiger partial charge in [0.15, 0.2) is 0 Å². The van der Waals surface area contributed by atoms with Crippen LogP contribution in [0.2, 0.25) is 0 Å². The molecule has 0 aliphatic carbocycles. The van der Waals surface area contributed by atoms with Crippen LogP contribution in [0.25, 0.3) is 0 Å². The van der Waals surface area contributed by atoms with Crippen LogP contribution >= 0.6 is 0 Å². The van der Waals surface area contributed by atoms with Gasteiger partial charge in [0.2, 0.25) is 5.91 Å². The Labute approximate surface area is 99.6 Å². The van der Waals surface area contributed by atoms with Crippen molar-refractivity contribution in [1.29, 1.82) is 0 Å². The lowest BCUT2D eigenvalue weighted by atomic mass is 9.87. The highest BCUT2D eigenvalue weighted by Crippen LogP contribution is 2.30. The summed E-state index contributed by atoms with van der Waals surface area (Å²) < 4.78 is 0. The highest BCUT2D eigenvalue weighted by atomic mass is 16.4. The van der Waals surface area contributed by atoms with Gasteiger partial charge in [-0.2, -0.15) is 0 Å². The van der Waals surface area contributed by atoms with Crippen LogP contribution < -0.4 is 5.32 Å². The van der Waals surface area contributed by atoms with Gasteiger partial charge in [0.05, 0.1) is 12.3 Å². The van der Waals surface area contributed by atoms with Gasteiger partial charge in [-0.1, -0.05) is 26.0 Å². The molecule has 4 nitrogen and oxygen atoms in total. The molecule has 4 heteroatoms. The van der Waals surface area contributed by atoms with Crippen molar-refractivity contribution in [2.75, 3.05) is 5.32 Å². The van der Waals surface area contributed by atoms with Crippen LogP contribution in [-0.2, 0) is 16.0 Å². The van der Waals surface area contributed by atoms with Crippen molar-refractivity contribution >= 4 is 17.6 Å². The minimum atomic E-state index is -0.822. The molecule has 0 saturated heterocycles. The molecule has 1 atom stereocenters. The smallest absolute Gasteiger partial charge is 0.311 e. The molecule has 1 amide bonds. The number of hydrogen-bond donors (Lipinski definition) is 2. The zero-order valence-corrected chi connectivity index (χ0v) is 9.86. The maximum Gasteiger partial charge on any atom is 0.311 e. The van der Waals surface area contributed by atoms with Gasteiger partial charge >= 0.3 is 5.97 Å². The summed E-state index contributed by atoms with van der Waals surface area (Å²) in [7, 11) is 0. The molecule has 0 fully saturated rings. The third-order valence-corrected chi connectivity index (χ3v) is 3.05. The Morgan fingerprint density at radius 3 is 2.71 bits per heavy atom. The van der Waals surface area contributed by atoms with Gasteiger partial charge in [-0.25, -0.2) is 0 Å². The molecule has 1 aliphatic heterocycles. The van der Waals surface area contributed by atoms with Gasteiger partial charge in [-0.05, 0) is 23.1 Å². The lowest BCUT2D eigenvalue weighted by Crippen LogP contribution is -2.17. The summed E-state index contributed by atoms with van der Waals surface area (Å²) in [5.74, 6) is -1.35. The molecule has 17 heavy (non-hydrogen) atoms. The van der Waals surface area contributed by atoms with Gasteiger partial charge in [-0.15, -0.1) is 0 Å². The fourth-order valence-corrected chi connectivity index (χ4v) is 2.26. The lowest BCUT2D eigenvalue weighted by molar-refractivity contribution is -0.139. The van der Waals surface area contributed by atoms with E-state index in [1.165, 1.54) is 0 Å². The fraction of sp³-hybridized carbons (Fsp3) is 0.385. The Morgan fingerprint density at radius 2 is 2.12 bits per heavy atom. The molecule has 0 spiro atoms. The summed E-state index contributed by atoms with van der Waals surface area (Å²) in [5, 5.41) is 12.0. The van der Waals surface area contributed by atoms with Crippen LogP contribution in [0.3, 0.4) is 0 Å². The highest BCUT2D eigenvalue weighted by molar-refractivity contribution is 5.99. The number of aliphatic carboxylic acids is 1. The van der Waals surface area contributed by atoms with Crippen LogP contribution in [0.1, 0.15) is 30.9 Å². The van der Waals surface area contributed by atoms with E-state index in [-0.39, 0.29) is 11.8 Å². The monoisotopic (exact) mass is 233 g/mol. The van der Waals surface area contributed by atoms with E-state index in [2.05, 4.69) is 5.32 Å². The second-order valence-electron chi connectivity index (χ2n) is 4.70. The molecule has 0 saturated carbocycles. The normalized spacial score (nSPS) is 15.6. The second-order valence-corrected chi connectivity index (χ2v) is 4.70. The van der Waals surface area contributed by atoms with E-state index in [1.807, 2.05) is 19.9 Å². The van der Waals surface area contributed by atoms with Crippen molar-refractivity contribution in [3.8, 4) is 0 Å². The third kappa shape index (κ3) is 2.16. The van der Waals surface area contributed by atoms with Crippen molar-refractivity contribution < 1.29 is 14.7 Å². The molecule has 0 radical (unpaired) electrons. The molecule has 2 rings (SSSR count). The van der Waals surface area contributed by atoms with Crippen molar-refractivity contribution in [3.05, 3.63) is 29.3 Å². The number of rotatable bonds is 3. The SMILES string of the molecule is CC(C)C(C(=O)O)c1ccc2c(c1)CC(=O)N2. The summed E-state index contributed by atoms with van der Waals surface area (Å²) in [6.45, 7) is 3.77. The summed E-state index contributed by atoms with van der Waals surface area (Å²) in [6, 6.07) is 5.39. The van der Waals surface area contributed by atoms with E-state index in [0.29, 0.717) is 6.42 Å². The zero-order chi connectivity index (χ0) is 12.6. The van der Waals surface area contributed by atoms with E-state index in [0.717, 1.165) is 16.8 Å². The Morgan fingerprint density at radius 1 is 1.41 bits per heavy atom. The third-order valence-electron chi connectivity index (χ3n) is 3.05. The van der Waals surface area contributed by atoms with Crippen LogP contribution in [-0.4, -0.2) is 17.0 Å². The standard InChI is InChI=1S/C13H15NO3/c1-7(2)12(13(16)17)8-3-4-10-9(5-8)6-11(15)14-10/h3-5,7,12H,6H2,1-2H3,(H,14,15)(H,16,17). The van der Waals surface area contributed by atoms with Gasteiger partial charge in [0.1, 0.15) is 0 Å².